The van der Waals surface area contributed by atoms with Gasteiger partial charge in [0, 0.05) is 44.9 Å². The van der Waals surface area contributed by atoms with Crippen LogP contribution in [0.3, 0.4) is 0 Å². The smallest absolute Gasteiger partial charge is 0.170 e. The summed E-state index contributed by atoms with van der Waals surface area (Å²) in [5.41, 5.74) is 2.43. The molecule has 0 N–H and O–H groups in total. The van der Waals surface area contributed by atoms with Gasteiger partial charge in [0.15, 0.2) is 5.79 Å². The lowest BCUT2D eigenvalue weighted by Gasteiger charge is -2.37. The van der Waals surface area contributed by atoms with Crippen molar-refractivity contribution in [2.45, 2.75) is 25.2 Å². The molecule has 2 aliphatic rings. The zero-order valence-electron chi connectivity index (χ0n) is 12.6. The van der Waals surface area contributed by atoms with Crippen molar-refractivity contribution in [1.82, 2.24) is 14.7 Å². The molecule has 4 rings (SSSR count). The van der Waals surface area contributed by atoms with Crippen molar-refractivity contribution in [1.29, 1.82) is 0 Å². The molecule has 5 nitrogen and oxygen atoms in total. The van der Waals surface area contributed by atoms with Gasteiger partial charge in [0.05, 0.1) is 18.9 Å². The molecule has 0 unspecified atom stereocenters. The molecule has 0 atom stereocenters. The third kappa shape index (κ3) is 2.79. The third-order valence-electron chi connectivity index (χ3n) is 4.54. The Balaban J connectivity index is 1.36. The van der Waals surface area contributed by atoms with Crippen molar-refractivity contribution in [2.75, 3.05) is 26.3 Å². The molecule has 22 heavy (non-hydrogen) atoms. The molecule has 0 aliphatic carbocycles. The van der Waals surface area contributed by atoms with E-state index in [-0.39, 0.29) is 5.79 Å². The number of nitrogens with zero attached hydrogens (tertiary/aromatic N) is 3. The number of hydrogen-bond donors (Lipinski definition) is 0. The van der Waals surface area contributed by atoms with Gasteiger partial charge < -0.3 is 9.47 Å². The van der Waals surface area contributed by atoms with Crippen LogP contribution in [0.2, 0.25) is 0 Å². The largest absolute Gasteiger partial charge is 0.347 e. The molecule has 2 fully saturated rings. The highest BCUT2D eigenvalue weighted by Gasteiger charge is 2.39. The Morgan fingerprint density at radius 3 is 2.41 bits per heavy atom. The summed E-state index contributed by atoms with van der Waals surface area (Å²) in [6.45, 7) is 4.53. The average molecular weight is 299 g/mol. The lowest BCUT2D eigenvalue weighted by molar-refractivity contribution is -0.185. The highest BCUT2D eigenvalue weighted by Crippen LogP contribution is 2.31. The van der Waals surface area contributed by atoms with Crippen LogP contribution >= 0.6 is 0 Å². The van der Waals surface area contributed by atoms with Crippen molar-refractivity contribution in [2.24, 2.45) is 0 Å². The Morgan fingerprint density at radius 1 is 1.05 bits per heavy atom. The molecule has 5 heteroatoms. The van der Waals surface area contributed by atoms with Gasteiger partial charge in [0.1, 0.15) is 0 Å². The van der Waals surface area contributed by atoms with Gasteiger partial charge in [0.25, 0.3) is 0 Å². The summed E-state index contributed by atoms with van der Waals surface area (Å²) in [5.74, 6) is -0.277. The molecule has 2 saturated heterocycles. The average Bonchev–Trinajstić information content (AvgIpc) is 3.23. The van der Waals surface area contributed by atoms with Crippen LogP contribution in [0.5, 0.6) is 0 Å². The van der Waals surface area contributed by atoms with Gasteiger partial charge in [-0.15, -0.1) is 0 Å². The van der Waals surface area contributed by atoms with Crippen molar-refractivity contribution in [3.8, 4) is 5.69 Å². The van der Waals surface area contributed by atoms with Gasteiger partial charge in [-0.3, -0.25) is 4.90 Å². The second kappa shape index (κ2) is 5.83. The van der Waals surface area contributed by atoms with Gasteiger partial charge in [-0.2, -0.15) is 5.10 Å². The van der Waals surface area contributed by atoms with E-state index >= 15 is 0 Å². The van der Waals surface area contributed by atoms with Crippen LogP contribution in [0, 0.1) is 0 Å². The van der Waals surface area contributed by atoms with Gasteiger partial charge >= 0.3 is 0 Å². The second-order valence-electron chi connectivity index (χ2n) is 6.00. The third-order valence-corrected chi connectivity index (χ3v) is 4.54. The molecule has 116 valence electrons. The Kier molecular flexibility index (Phi) is 3.70. The first-order valence-corrected chi connectivity index (χ1v) is 7.92. The minimum absolute atomic E-state index is 0.277. The van der Waals surface area contributed by atoms with Gasteiger partial charge in [-0.05, 0) is 23.8 Å². The number of benzene rings is 1. The van der Waals surface area contributed by atoms with Gasteiger partial charge in [-0.1, -0.05) is 12.1 Å². The van der Waals surface area contributed by atoms with E-state index in [1.165, 1.54) is 5.56 Å². The van der Waals surface area contributed by atoms with Crippen LogP contribution in [0.4, 0.5) is 0 Å². The molecule has 0 radical (unpaired) electrons. The van der Waals surface area contributed by atoms with E-state index in [4.69, 9.17) is 9.47 Å². The summed E-state index contributed by atoms with van der Waals surface area (Å²) >= 11 is 0. The highest BCUT2D eigenvalue weighted by molar-refractivity contribution is 5.33. The fourth-order valence-electron chi connectivity index (χ4n) is 3.27. The maximum absolute atomic E-state index is 5.78. The number of aromatic nitrogens is 2. The summed E-state index contributed by atoms with van der Waals surface area (Å²) < 4.78 is 13.4. The Morgan fingerprint density at radius 2 is 1.77 bits per heavy atom. The molecule has 1 spiro atoms. The molecular weight excluding hydrogens is 278 g/mol. The zero-order valence-corrected chi connectivity index (χ0v) is 12.6. The maximum atomic E-state index is 5.78. The second-order valence-corrected chi connectivity index (χ2v) is 6.00. The van der Waals surface area contributed by atoms with Crippen molar-refractivity contribution in [3.05, 3.63) is 48.3 Å². The number of likely N-dealkylation sites (tertiary alicyclic amines) is 1. The normalized spacial score (nSPS) is 21.5. The molecule has 2 aromatic rings. The van der Waals surface area contributed by atoms with E-state index in [1.54, 1.807) is 6.20 Å². The van der Waals surface area contributed by atoms with E-state index in [1.807, 2.05) is 16.9 Å². The van der Waals surface area contributed by atoms with E-state index in [2.05, 4.69) is 34.3 Å². The fourth-order valence-corrected chi connectivity index (χ4v) is 3.27. The van der Waals surface area contributed by atoms with E-state index in [0.29, 0.717) is 0 Å². The van der Waals surface area contributed by atoms with Crippen LogP contribution in [0.1, 0.15) is 18.4 Å². The molecule has 0 saturated carbocycles. The summed E-state index contributed by atoms with van der Waals surface area (Å²) in [4.78, 5) is 2.47. The molecule has 3 heterocycles. The van der Waals surface area contributed by atoms with Crippen molar-refractivity contribution in [3.63, 3.8) is 0 Å². The fraction of sp³-hybridized carbons (Fsp3) is 0.471. The Bertz CT molecular complexity index is 593. The van der Waals surface area contributed by atoms with Crippen LogP contribution in [-0.4, -0.2) is 46.8 Å². The van der Waals surface area contributed by atoms with E-state index < -0.39 is 0 Å². The van der Waals surface area contributed by atoms with Gasteiger partial charge in [-0.25, -0.2) is 4.68 Å². The summed E-state index contributed by atoms with van der Waals surface area (Å²) in [6, 6.07) is 10.5. The SMILES string of the molecule is c1cnn(-c2ccc(CN3CCC4(CC3)OCCO4)cc2)c1. The van der Waals surface area contributed by atoms with Crippen LogP contribution in [0.15, 0.2) is 42.7 Å². The summed E-state index contributed by atoms with van der Waals surface area (Å²) in [5, 5.41) is 4.25. The highest BCUT2D eigenvalue weighted by atomic mass is 16.7. The van der Waals surface area contributed by atoms with Gasteiger partial charge in [0.2, 0.25) is 0 Å². The molecule has 0 bridgehead atoms. The molecule has 0 amide bonds. The first-order valence-electron chi connectivity index (χ1n) is 7.92. The molecule has 1 aromatic heterocycles. The molecule has 1 aromatic carbocycles. The van der Waals surface area contributed by atoms with E-state index in [9.17, 15) is 0 Å². The predicted molar refractivity (Wildman–Crippen MR) is 82.7 cm³/mol. The summed E-state index contributed by atoms with van der Waals surface area (Å²) in [6.07, 6.45) is 5.70. The maximum Gasteiger partial charge on any atom is 0.170 e. The Hall–Kier alpha value is -1.69. The van der Waals surface area contributed by atoms with Crippen molar-refractivity contribution >= 4 is 0 Å². The first kappa shape index (κ1) is 13.9. The number of rotatable bonds is 3. The predicted octanol–water partition coefficient (Wildman–Crippen LogP) is 2.21. The van der Waals surface area contributed by atoms with Crippen LogP contribution in [0.25, 0.3) is 5.69 Å². The topological polar surface area (TPSA) is 39.5 Å². The monoisotopic (exact) mass is 299 g/mol. The number of hydrogen-bond acceptors (Lipinski definition) is 4. The van der Waals surface area contributed by atoms with Crippen LogP contribution in [-0.2, 0) is 16.0 Å². The Labute approximate surface area is 130 Å². The number of ether oxygens (including phenoxy) is 2. The van der Waals surface area contributed by atoms with Crippen LogP contribution < -0.4 is 0 Å². The minimum Gasteiger partial charge on any atom is -0.347 e. The zero-order chi connectivity index (χ0) is 14.8. The van der Waals surface area contributed by atoms with Crippen molar-refractivity contribution < 1.29 is 9.47 Å². The molecule has 2 aliphatic heterocycles. The first-order chi connectivity index (χ1) is 10.8. The standard InChI is InChI=1S/C17H21N3O2/c1-8-18-20(9-1)16-4-2-15(3-5-16)14-19-10-6-17(7-11-19)21-12-13-22-17/h1-5,8-9H,6-7,10-14H2. The number of piperidine rings is 1. The quantitative estimate of drug-likeness (QED) is 0.871. The lowest BCUT2D eigenvalue weighted by Crippen LogP contribution is -2.44. The van der Waals surface area contributed by atoms with E-state index in [0.717, 1.165) is 51.4 Å². The minimum atomic E-state index is -0.277. The lowest BCUT2D eigenvalue weighted by atomic mass is 10.0. The molecular formula is C17H21N3O2. The summed E-state index contributed by atoms with van der Waals surface area (Å²) in [7, 11) is 0.